The minimum absolute atomic E-state index is 0.0255. The lowest BCUT2D eigenvalue weighted by atomic mass is 10.1. The van der Waals surface area contributed by atoms with Crippen molar-refractivity contribution in [2.45, 2.75) is 12.5 Å². The molecule has 0 aromatic heterocycles. The van der Waals surface area contributed by atoms with Crippen LogP contribution in [0.2, 0.25) is 5.02 Å². The van der Waals surface area contributed by atoms with Crippen LogP contribution in [0.5, 0.6) is 0 Å². The second-order valence-electron chi connectivity index (χ2n) is 5.29. The SMILES string of the molecule is CSCC[C@H](NC(=O)c1ccccc1)C(=O)Nc1ccc(Cl)cc1F. The van der Waals surface area contributed by atoms with Crippen LogP contribution in [-0.4, -0.2) is 29.9 Å². The first-order valence-corrected chi connectivity index (χ1v) is 9.39. The normalized spacial score (nSPS) is 11.6. The van der Waals surface area contributed by atoms with Gasteiger partial charge in [-0.3, -0.25) is 9.59 Å². The average molecular weight is 381 g/mol. The zero-order valence-corrected chi connectivity index (χ0v) is 15.2. The Morgan fingerprint density at radius 1 is 1.20 bits per heavy atom. The number of halogens is 2. The molecule has 0 radical (unpaired) electrons. The summed E-state index contributed by atoms with van der Waals surface area (Å²) in [5.74, 6) is -0.771. The van der Waals surface area contributed by atoms with E-state index in [0.29, 0.717) is 17.7 Å². The lowest BCUT2D eigenvalue weighted by Crippen LogP contribution is -2.44. The number of benzene rings is 2. The Kier molecular flexibility index (Phi) is 7.28. The lowest BCUT2D eigenvalue weighted by Gasteiger charge is -2.18. The van der Waals surface area contributed by atoms with E-state index in [-0.39, 0.29) is 16.6 Å². The molecule has 0 saturated carbocycles. The molecule has 1 atom stereocenters. The van der Waals surface area contributed by atoms with E-state index in [0.717, 1.165) is 6.07 Å². The third-order valence-corrected chi connectivity index (χ3v) is 4.34. The highest BCUT2D eigenvalue weighted by Crippen LogP contribution is 2.19. The number of hydrogen-bond donors (Lipinski definition) is 2. The Morgan fingerprint density at radius 2 is 1.92 bits per heavy atom. The summed E-state index contributed by atoms with van der Waals surface area (Å²) in [6.45, 7) is 0. The van der Waals surface area contributed by atoms with Crippen LogP contribution in [0.1, 0.15) is 16.8 Å². The maximum absolute atomic E-state index is 13.9. The first-order chi connectivity index (χ1) is 12.0. The molecule has 0 aliphatic carbocycles. The number of amides is 2. The van der Waals surface area contributed by atoms with Gasteiger partial charge in [-0.1, -0.05) is 29.8 Å². The highest BCUT2D eigenvalue weighted by atomic mass is 35.5. The van der Waals surface area contributed by atoms with Crippen LogP contribution in [0.4, 0.5) is 10.1 Å². The second-order valence-corrected chi connectivity index (χ2v) is 6.71. The lowest BCUT2D eigenvalue weighted by molar-refractivity contribution is -0.118. The van der Waals surface area contributed by atoms with Gasteiger partial charge in [0, 0.05) is 10.6 Å². The third kappa shape index (κ3) is 5.76. The van der Waals surface area contributed by atoms with Gasteiger partial charge in [0.05, 0.1) is 5.69 Å². The Morgan fingerprint density at radius 3 is 2.56 bits per heavy atom. The molecule has 2 aromatic carbocycles. The number of carbonyl (C=O) groups excluding carboxylic acids is 2. The fourth-order valence-corrected chi connectivity index (χ4v) is 2.78. The van der Waals surface area contributed by atoms with Crippen LogP contribution in [0, 0.1) is 5.82 Å². The van der Waals surface area contributed by atoms with Crippen LogP contribution in [0.25, 0.3) is 0 Å². The average Bonchev–Trinajstić information content (AvgIpc) is 2.61. The molecule has 0 fully saturated rings. The quantitative estimate of drug-likeness (QED) is 0.764. The summed E-state index contributed by atoms with van der Waals surface area (Å²) in [6.07, 6.45) is 2.34. The Bertz CT molecular complexity index is 743. The summed E-state index contributed by atoms with van der Waals surface area (Å²) in [4.78, 5) is 24.8. The molecular weight excluding hydrogens is 363 g/mol. The summed E-state index contributed by atoms with van der Waals surface area (Å²) in [5.41, 5.74) is 0.486. The highest BCUT2D eigenvalue weighted by molar-refractivity contribution is 7.98. The van der Waals surface area contributed by atoms with E-state index in [1.807, 2.05) is 6.26 Å². The predicted octanol–water partition coefficient (Wildman–Crippen LogP) is 3.97. The van der Waals surface area contributed by atoms with Gasteiger partial charge in [-0.15, -0.1) is 0 Å². The van der Waals surface area contributed by atoms with E-state index in [2.05, 4.69) is 10.6 Å². The summed E-state index contributed by atoms with van der Waals surface area (Å²) in [5, 5.41) is 5.46. The van der Waals surface area contributed by atoms with Crippen molar-refractivity contribution in [1.82, 2.24) is 5.32 Å². The smallest absolute Gasteiger partial charge is 0.251 e. The number of nitrogens with one attached hydrogen (secondary N) is 2. The van der Waals surface area contributed by atoms with Gasteiger partial charge in [0.15, 0.2) is 0 Å². The Hall–Kier alpha value is -2.05. The van der Waals surface area contributed by atoms with Crippen LogP contribution >= 0.6 is 23.4 Å². The van der Waals surface area contributed by atoms with E-state index in [1.54, 1.807) is 42.1 Å². The minimum atomic E-state index is -0.768. The summed E-state index contributed by atoms with van der Waals surface area (Å²) in [7, 11) is 0. The van der Waals surface area contributed by atoms with Crippen molar-refractivity contribution in [3.8, 4) is 0 Å². The molecule has 0 saturated heterocycles. The van der Waals surface area contributed by atoms with Crippen molar-refractivity contribution < 1.29 is 14.0 Å². The molecule has 2 N–H and O–H groups in total. The van der Waals surface area contributed by atoms with Crippen molar-refractivity contribution in [2.75, 3.05) is 17.3 Å². The van der Waals surface area contributed by atoms with Crippen LogP contribution in [0.15, 0.2) is 48.5 Å². The number of thioether (sulfide) groups is 1. The van der Waals surface area contributed by atoms with E-state index < -0.39 is 17.8 Å². The molecule has 132 valence electrons. The van der Waals surface area contributed by atoms with Gasteiger partial charge in [-0.2, -0.15) is 11.8 Å². The van der Waals surface area contributed by atoms with Crippen LogP contribution in [0.3, 0.4) is 0 Å². The molecule has 0 bridgehead atoms. The molecule has 0 heterocycles. The fraction of sp³-hybridized carbons (Fsp3) is 0.222. The maximum Gasteiger partial charge on any atom is 0.251 e. The molecule has 2 aromatic rings. The van der Waals surface area contributed by atoms with Gasteiger partial charge < -0.3 is 10.6 Å². The Balaban J connectivity index is 2.10. The highest BCUT2D eigenvalue weighted by Gasteiger charge is 2.22. The van der Waals surface area contributed by atoms with Crippen LogP contribution in [-0.2, 0) is 4.79 Å². The zero-order chi connectivity index (χ0) is 18.2. The summed E-state index contributed by atoms with van der Waals surface area (Å²) in [6, 6.07) is 11.9. The molecule has 7 heteroatoms. The summed E-state index contributed by atoms with van der Waals surface area (Å²) < 4.78 is 13.9. The molecule has 0 aliphatic rings. The first kappa shape index (κ1) is 19.3. The summed E-state index contributed by atoms with van der Waals surface area (Å²) >= 11 is 7.27. The molecule has 0 aliphatic heterocycles. The molecule has 0 unspecified atom stereocenters. The minimum Gasteiger partial charge on any atom is -0.340 e. The fourth-order valence-electron chi connectivity index (χ4n) is 2.15. The number of hydrogen-bond acceptors (Lipinski definition) is 3. The molecule has 2 rings (SSSR count). The zero-order valence-electron chi connectivity index (χ0n) is 13.6. The standard InChI is InChI=1S/C18H18ClFN2O2S/c1-25-10-9-16(22-17(23)12-5-3-2-4-6-12)18(24)21-15-8-7-13(19)11-14(15)20/h2-8,11,16H,9-10H2,1H3,(H,21,24)(H,22,23)/t16-/m0/s1. The van der Waals surface area contributed by atoms with Gasteiger partial charge in [-0.05, 0) is 48.8 Å². The number of carbonyl (C=O) groups is 2. The van der Waals surface area contributed by atoms with Crippen molar-refractivity contribution in [3.05, 3.63) is 64.9 Å². The van der Waals surface area contributed by atoms with Crippen molar-refractivity contribution in [3.63, 3.8) is 0 Å². The second kappa shape index (κ2) is 9.44. The van der Waals surface area contributed by atoms with Crippen LogP contribution < -0.4 is 10.6 Å². The van der Waals surface area contributed by atoms with Crippen molar-refractivity contribution in [1.29, 1.82) is 0 Å². The van der Waals surface area contributed by atoms with Gasteiger partial charge in [0.1, 0.15) is 11.9 Å². The van der Waals surface area contributed by atoms with Gasteiger partial charge >= 0.3 is 0 Å². The predicted molar refractivity (Wildman–Crippen MR) is 101 cm³/mol. The van der Waals surface area contributed by atoms with Crippen molar-refractivity contribution >= 4 is 40.9 Å². The number of anilines is 1. The van der Waals surface area contributed by atoms with Gasteiger partial charge in [-0.25, -0.2) is 4.39 Å². The largest absolute Gasteiger partial charge is 0.340 e. The van der Waals surface area contributed by atoms with Gasteiger partial charge in [0.25, 0.3) is 5.91 Å². The maximum atomic E-state index is 13.9. The molecule has 25 heavy (non-hydrogen) atoms. The number of rotatable bonds is 7. The van der Waals surface area contributed by atoms with E-state index in [9.17, 15) is 14.0 Å². The first-order valence-electron chi connectivity index (χ1n) is 7.62. The molecule has 0 spiro atoms. The monoisotopic (exact) mass is 380 g/mol. The molecular formula is C18H18ClFN2O2S. The third-order valence-electron chi connectivity index (χ3n) is 3.46. The van der Waals surface area contributed by atoms with E-state index in [1.165, 1.54) is 12.1 Å². The Labute approximate surface area is 155 Å². The van der Waals surface area contributed by atoms with E-state index >= 15 is 0 Å². The van der Waals surface area contributed by atoms with E-state index in [4.69, 9.17) is 11.6 Å². The topological polar surface area (TPSA) is 58.2 Å². The molecule has 4 nitrogen and oxygen atoms in total. The molecule has 2 amide bonds. The van der Waals surface area contributed by atoms with Gasteiger partial charge in [0.2, 0.25) is 5.91 Å². The van der Waals surface area contributed by atoms with Crippen molar-refractivity contribution in [2.24, 2.45) is 0 Å².